The highest BCUT2D eigenvalue weighted by Gasteiger charge is 2.20. The Hall–Kier alpha value is -0.540. The molecular weight excluding hydrogens is 266 g/mol. The highest BCUT2D eigenvalue weighted by molar-refractivity contribution is 8.93. The molecule has 0 radical (unpaired) electrons. The van der Waals surface area contributed by atoms with E-state index in [1.165, 1.54) is 24.9 Å². The first kappa shape index (κ1) is 13.5. The van der Waals surface area contributed by atoms with Crippen molar-refractivity contribution < 1.29 is 5.11 Å². The summed E-state index contributed by atoms with van der Waals surface area (Å²) in [6.45, 7) is 5.71. The quantitative estimate of drug-likeness (QED) is 0.902. The Balaban J connectivity index is 0.00000128. The van der Waals surface area contributed by atoms with E-state index >= 15 is 0 Å². The smallest absolute Gasteiger partial charge is 0.115 e. The molecule has 0 aromatic heterocycles. The summed E-state index contributed by atoms with van der Waals surface area (Å²) in [6.07, 6.45) is 2.52. The number of rotatable bonds is 2. The first-order valence-corrected chi connectivity index (χ1v) is 5.81. The third-order valence-electron chi connectivity index (χ3n) is 3.29. The number of benzene rings is 1. The van der Waals surface area contributed by atoms with Gasteiger partial charge in [0.1, 0.15) is 5.75 Å². The van der Waals surface area contributed by atoms with Crippen LogP contribution in [0.2, 0.25) is 0 Å². The van der Waals surface area contributed by atoms with Gasteiger partial charge in [0.2, 0.25) is 0 Å². The van der Waals surface area contributed by atoms with Crippen LogP contribution in [0.15, 0.2) is 24.3 Å². The summed E-state index contributed by atoms with van der Waals surface area (Å²) in [4.78, 5) is 2.48. The van der Waals surface area contributed by atoms with Crippen molar-refractivity contribution in [1.82, 2.24) is 4.90 Å². The largest absolute Gasteiger partial charge is 0.508 e. The summed E-state index contributed by atoms with van der Waals surface area (Å²) < 4.78 is 0. The molecule has 0 spiro atoms. The summed E-state index contributed by atoms with van der Waals surface area (Å²) in [5.41, 5.74) is 1.29. The van der Waals surface area contributed by atoms with Crippen molar-refractivity contribution >= 4 is 17.0 Å². The van der Waals surface area contributed by atoms with Crippen LogP contribution in [0.3, 0.4) is 0 Å². The zero-order valence-corrected chi connectivity index (χ0v) is 11.4. The van der Waals surface area contributed by atoms with Gasteiger partial charge in [0.05, 0.1) is 0 Å². The Morgan fingerprint density at radius 3 is 2.94 bits per heavy atom. The van der Waals surface area contributed by atoms with Gasteiger partial charge in [-0.1, -0.05) is 19.1 Å². The van der Waals surface area contributed by atoms with E-state index in [1.54, 1.807) is 6.07 Å². The molecule has 1 fully saturated rings. The summed E-state index contributed by atoms with van der Waals surface area (Å²) in [6, 6.07) is 7.72. The van der Waals surface area contributed by atoms with Gasteiger partial charge >= 0.3 is 0 Å². The van der Waals surface area contributed by atoms with Crippen LogP contribution in [0.5, 0.6) is 5.75 Å². The Morgan fingerprint density at radius 2 is 2.25 bits per heavy atom. The van der Waals surface area contributed by atoms with Crippen molar-refractivity contribution in [3.8, 4) is 5.75 Å². The summed E-state index contributed by atoms with van der Waals surface area (Å²) in [5, 5.41) is 9.45. The van der Waals surface area contributed by atoms with Crippen LogP contribution < -0.4 is 0 Å². The van der Waals surface area contributed by atoms with Crippen molar-refractivity contribution in [3.05, 3.63) is 29.8 Å². The van der Waals surface area contributed by atoms with Crippen molar-refractivity contribution in [2.24, 2.45) is 0 Å². The Labute approximate surface area is 108 Å². The van der Waals surface area contributed by atoms with Crippen LogP contribution in [0.25, 0.3) is 0 Å². The van der Waals surface area contributed by atoms with Gasteiger partial charge in [-0.05, 0) is 49.5 Å². The normalized spacial score (nSPS) is 21.4. The molecule has 1 aromatic carbocycles. The molecule has 1 unspecified atom stereocenters. The summed E-state index contributed by atoms with van der Waals surface area (Å²) >= 11 is 0. The first-order valence-electron chi connectivity index (χ1n) is 5.81. The van der Waals surface area contributed by atoms with Crippen LogP contribution in [-0.4, -0.2) is 29.6 Å². The fraction of sp³-hybridized carbons (Fsp3) is 0.538. The van der Waals surface area contributed by atoms with Crippen LogP contribution >= 0.6 is 17.0 Å². The number of likely N-dealkylation sites (N-methyl/N-ethyl adjacent to an activating group) is 1. The maximum atomic E-state index is 9.45. The van der Waals surface area contributed by atoms with Crippen LogP contribution in [0.1, 0.15) is 31.2 Å². The Morgan fingerprint density at radius 1 is 1.44 bits per heavy atom. The molecule has 2 rings (SSSR count). The van der Waals surface area contributed by atoms with Crippen LogP contribution in [0, 0.1) is 0 Å². The number of hydrogen-bond donors (Lipinski definition) is 1. The summed E-state index contributed by atoms with van der Waals surface area (Å²) in [7, 11) is 0. The van der Waals surface area contributed by atoms with Gasteiger partial charge in [0, 0.05) is 6.54 Å². The molecule has 1 aromatic rings. The molecule has 1 saturated heterocycles. The lowest BCUT2D eigenvalue weighted by Crippen LogP contribution is -2.34. The fourth-order valence-corrected chi connectivity index (χ4v) is 2.39. The highest BCUT2D eigenvalue weighted by atomic mass is 79.9. The minimum absolute atomic E-state index is 0. The lowest BCUT2D eigenvalue weighted by molar-refractivity contribution is 0.218. The molecule has 0 saturated carbocycles. The average molecular weight is 286 g/mol. The molecule has 1 aliphatic rings. The third kappa shape index (κ3) is 3.22. The lowest BCUT2D eigenvalue weighted by atomic mass is 9.90. The van der Waals surface area contributed by atoms with Crippen molar-refractivity contribution in [1.29, 1.82) is 0 Å². The highest BCUT2D eigenvalue weighted by Crippen LogP contribution is 2.28. The van der Waals surface area contributed by atoms with E-state index in [4.69, 9.17) is 0 Å². The summed E-state index contributed by atoms with van der Waals surface area (Å²) in [5.74, 6) is 0.993. The molecule has 16 heavy (non-hydrogen) atoms. The third-order valence-corrected chi connectivity index (χ3v) is 3.29. The zero-order valence-electron chi connectivity index (χ0n) is 9.72. The number of phenols is 1. The van der Waals surface area contributed by atoms with E-state index in [1.807, 2.05) is 12.1 Å². The fourth-order valence-electron chi connectivity index (χ4n) is 2.39. The number of nitrogens with zero attached hydrogens (tertiary/aromatic N) is 1. The van der Waals surface area contributed by atoms with Gasteiger partial charge < -0.3 is 10.0 Å². The van der Waals surface area contributed by atoms with Crippen molar-refractivity contribution in [2.75, 3.05) is 19.6 Å². The number of halogens is 1. The molecule has 0 bridgehead atoms. The van der Waals surface area contributed by atoms with E-state index in [-0.39, 0.29) is 17.0 Å². The van der Waals surface area contributed by atoms with Gasteiger partial charge in [-0.3, -0.25) is 0 Å². The molecule has 1 heterocycles. The number of hydrogen-bond acceptors (Lipinski definition) is 2. The maximum Gasteiger partial charge on any atom is 0.115 e. The van der Waals surface area contributed by atoms with Gasteiger partial charge in [0.25, 0.3) is 0 Å². The van der Waals surface area contributed by atoms with Gasteiger partial charge in [0.15, 0.2) is 0 Å². The minimum atomic E-state index is 0. The molecule has 0 aliphatic carbocycles. The van der Waals surface area contributed by atoms with Gasteiger partial charge in [-0.15, -0.1) is 17.0 Å². The molecular formula is C13H20BrNO. The van der Waals surface area contributed by atoms with E-state index in [0.717, 1.165) is 13.1 Å². The van der Waals surface area contributed by atoms with Gasteiger partial charge in [-0.2, -0.15) is 0 Å². The SMILES string of the molecule is Br.CCN1CCCC(c2cccc(O)c2)C1. The molecule has 3 heteroatoms. The van der Waals surface area contributed by atoms with Crippen molar-refractivity contribution in [2.45, 2.75) is 25.7 Å². The number of likely N-dealkylation sites (tertiary alicyclic amines) is 1. The topological polar surface area (TPSA) is 23.5 Å². The van der Waals surface area contributed by atoms with E-state index in [0.29, 0.717) is 11.7 Å². The molecule has 1 N–H and O–H groups in total. The number of phenolic OH excluding ortho intramolecular Hbond substituents is 1. The number of aromatic hydroxyl groups is 1. The van der Waals surface area contributed by atoms with E-state index < -0.39 is 0 Å². The average Bonchev–Trinajstić information content (AvgIpc) is 2.29. The zero-order chi connectivity index (χ0) is 10.7. The number of piperidine rings is 1. The monoisotopic (exact) mass is 285 g/mol. The predicted octanol–water partition coefficient (Wildman–Crippen LogP) is 3.17. The van der Waals surface area contributed by atoms with Crippen molar-refractivity contribution in [3.63, 3.8) is 0 Å². The van der Waals surface area contributed by atoms with E-state index in [2.05, 4.69) is 17.9 Å². The Kier molecular flexibility index (Phi) is 5.29. The minimum Gasteiger partial charge on any atom is -0.508 e. The Bertz CT molecular complexity index is 329. The van der Waals surface area contributed by atoms with Gasteiger partial charge in [-0.25, -0.2) is 0 Å². The molecule has 90 valence electrons. The molecule has 1 aliphatic heterocycles. The predicted molar refractivity (Wildman–Crippen MR) is 72.5 cm³/mol. The van der Waals surface area contributed by atoms with E-state index in [9.17, 15) is 5.11 Å². The molecule has 0 amide bonds. The maximum absolute atomic E-state index is 9.45. The second-order valence-electron chi connectivity index (χ2n) is 4.33. The second-order valence-corrected chi connectivity index (χ2v) is 4.33. The lowest BCUT2D eigenvalue weighted by Gasteiger charge is -2.32. The standard InChI is InChI=1S/C13H19NO.BrH/c1-2-14-8-4-6-12(10-14)11-5-3-7-13(15)9-11;/h3,5,7,9,12,15H,2,4,6,8,10H2,1H3;1H. The second kappa shape index (κ2) is 6.26. The van der Waals surface area contributed by atoms with Crippen LogP contribution in [0.4, 0.5) is 0 Å². The van der Waals surface area contributed by atoms with Crippen LogP contribution in [-0.2, 0) is 0 Å². The first-order chi connectivity index (χ1) is 7.29. The molecule has 1 atom stereocenters. The molecule has 2 nitrogen and oxygen atoms in total.